The summed E-state index contributed by atoms with van der Waals surface area (Å²) in [7, 11) is 0. The predicted octanol–water partition coefficient (Wildman–Crippen LogP) is 0.532. The second kappa shape index (κ2) is 5.38. The molecule has 1 saturated heterocycles. The van der Waals surface area contributed by atoms with Crippen LogP contribution in [0.3, 0.4) is 0 Å². The van der Waals surface area contributed by atoms with Crippen LogP contribution in [0.15, 0.2) is 12.4 Å². The molecule has 2 heterocycles. The minimum atomic E-state index is 0.134. The van der Waals surface area contributed by atoms with Gasteiger partial charge in [0.1, 0.15) is 0 Å². The van der Waals surface area contributed by atoms with Gasteiger partial charge in [0, 0.05) is 31.0 Å². The minimum Gasteiger partial charge on any atom is -0.394 e. The number of nitrogens with one attached hydrogen (secondary N) is 1. The number of hydrogen-bond acceptors (Lipinski definition) is 4. The van der Waals surface area contributed by atoms with E-state index in [2.05, 4.69) is 10.4 Å². The lowest BCUT2D eigenvalue weighted by atomic mass is 10.1. The Morgan fingerprint density at radius 3 is 3.11 bits per heavy atom. The highest BCUT2D eigenvalue weighted by Crippen LogP contribution is 2.38. The molecule has 5 heteroatoms. The van der Waals surface area contributed by atoms with E-state index in [1.54, 1.807) is 4.68 Å². The van der Waals surface area contributed by atoms with Gasteiger partial charge in [0.15, 0.2) is 0 Å². The maximum Gasteiger partial charge on any atom is 0.0757 e. The summed E-state index contributed by atoms with van der Waals surface area (Å²) in [4.78, 5) is 0. The summed E-state index contributed by atoms with van der Waals surface area (Å²) in [6, 6.07) is 0.499. The molecule has 1 aliphatic carbocycles. The molecular weight excluding hydrogens is 230 g/mol. The highest BCUT2D eigenvalue weighted by molar-refractivity contribution is 5.04. The molecule has 0 amide bonds. The Hall–Kier alpha value is -0.910. The van der Waals surface area contributed by atoms with E-state index in [4.69, 9.17) is 9.84 Å². The van der Waals surface area contributed by atoms with Crippen LogP contribution in [0.5, 0.6) is 0 Å². The van der Waals surface area contributed by atoms with Gasteiger partial charge in [-0.2, -0.15) is 5.10 Å². The third-order valence-electron chi connectivity index (χ3n) is 3.81. The van der Waals surface area contributed by atoms with Crippen molar-refractivity contribution in [1.82, 2.24) is 15.1 Å². The first-order chi connectivity index (χ1) is 8.86. The number of ether oxygens (including phenoxy) is 1. The maximum absolute atomic E-state index is 8.84. The third-order valence-corrected chi connectivity index (χ3v) is 3.81. The zero-order valence-corrected chi connectivity index (χ0v) is 10.6. The normalized spacial score (nSPS) is 27.8. The third kappa shape index (κ3) is 2.74. The number of rotatable bonds is 6. The number of nitrogens with zero attached hydrogens (tertiary/aromatic N) is 2. The Labute approximate surface area is 107 Å². The van der Waals surface area contributed by atoms with E-state index in [9.17, 15) is 0 Å². The Morgan fingerprint density at radius 1 is 1.44 bits per heavy atom. The van der Waals surface area contributed by atoms with Gasteiger partial charge in [-0.25, -0.2) is 0 Å². The van der Waals surface area contributed by atoms with Crippen LogP contribution >= 0.6 is 0 Å². The van der Waals surface area contributed by atoms with E-state index in [0.29, 0.717) is 18.7 Å². The fourth-order valence-electron chi connectivity index (χ4n) is 2.69. The van der Waals surface area contributed by atoms with Crippen molar-refractivity contribution in [3.05, 3.63) is 18.0 Å². The summed E-state index contributed by atoms with van der Waals surface area (Å²) >= 11 is 0. The summed E-state index contributed by atoms with van der Waals surface area (Å²) in [6.07, 6.45) is 8.06. The monoisotopic (exact) mass is 251 g/mol. The smallest absolute Gasteiger partial charge is 0.0757 e. The second-order valence-electron chi connectivity index (χ2n) is 5.28. The van der Waals surface area contributed by atoms with Crippen LogP contribution in [-0.4, -0.2) is 40.2 Å². The standard InChI is InChI=1S/C13H21N3O2/c17-5-4-16-9-10(8-15-16)7-14-12-3-6-18-13(12)11-1-2-11/h8-9,11-14,17H,1-7H2. The average Bonchev–Trinajstić information content (AvgIpc) is 2.94. The topological polar surface area (TPSA) is 59.3 Å². The summed E-state index contributed by atoms with van der Waals surface area (Å²) in [5.74, 6) is 0.794. The minimum absolute atomic E-state index is 0.134. The van der Waals surface area contributed by atoms with Crippen molar-refractivity contribution >= 4 is 0 Å². The highest BCUT2D eigenvalue weighted by atomic mass is 16.5. The van der Waals surface area contributed by atoms with Crippen molar-refractivity contribution in [3.8, 4) is 0 Å². The van der Waals surface area contributed by atoms with Crippen molar-refractivity contribution in [1.29, 1.82) is 0 Å². The molecule has 1 saturated carbocycles. The van der Waals surface area contributed by atoms with E-state index in [1.807, 2.05) is 12.4 Å². The van der Waals surface area contributed by atoms with E-state index >= 15 is 0 Å². The van der Waals surface area contributed by atoms with E-state index in [0.717, 1.165) is 25.5 Å². The zero-order chi connectivity index (χ0) is 12.4. The molecule has 1 aromatic rings. The van der Waals surface area contributed by atoms with Gasteiger partial charge in [-0.05, 0) is 25.2 Å². The molecule has 2 fully saturated rings. The molecule has 0 bridgehead atoms. The molecule has 3 rings (SSSR count). The van der Waals surface area contributed by atoms with Crippen LogP contribution < -0.4 is 5.32 Å². The van der Waals surface area contributed by atoms with Crippen molar-refractivity contribution in [2.75, 3.05) is 13.2 Å². The van der Waals surface area contributed by atoms with Gasteiger partial charge in [0.25, 0.3) is 0 Å². The first-order valence-electron chi connectivity index (χ1n) is 6.84. The van der Waals surface area contributed by atoms with Gasteiger partial charge in [-0.3, -0.25) is 4.68 Å². The van der Waals surface area contributed by atoms with Gasteiger partial charge < -0.3 is 15.2 Å². The second-order valence-corrected chi connectivity index (χ2v) is 5.28. The summed E-state index contributed by atoms with van der Waals surface area (Å²) in [5, 5.41) is 16.6. The van der Waals surface area contributed by atoms with Crippen molar-refractivity contribution in [2.24, 2.45) is 5.92 Å². The van der Waals surface area contributed by atoms with Gasteiger partial charge in [-0.15, -0.1) is 0 Å². The van der Waals surface area contributed by atoms with Crippen LogP contribution in [0, 0.1) is 5.92 Å². The van der Waals surface area contributed by atoms with E-state index < -0.39 is 0 Å². The summed E-state index contributed by atoms with van der Waals surface area (Å²) in [6.45, 7) is 2.43. The van der Waals surface area contributed by atoms with Crippen molar-refractivity contribution in [3.63, 3.8) is 0 Å². The number of aliphatic hydroxyl groups is 1. The molecule has 0 spiro atoms. The van der Waals surface area contributed by atoms with Crippen LogP contribution in [0.25, 0.3) is 0 Å². The zero-order valence-electron chi connectivity index (χ0n) is 10.6. The lowest BCUT2D eigenvalue weighted by Crippen LogP contribution is -2.37. The van der Waals surface area contributed by atoms with Crippen LogP contribution in [0.4, 0.5) is 0 Å². The molecule has 2 aliphatic rings. The molecule has 0 aromatic carbocycles. The lowest BCUT2D eigenvalue weighted by molar-refractivity contribution is 0.0809. The van der Waals surface area contributed by atoms with Gasteiger partial charge in [-0.1, -0.05) is 0 Å². The number of aliphatic hydroxyl groups excluding tert-OH is 1. The largest absolute Gasteiger partial charge is 0.394 e. The molecule has 5 nitrogen and oxygen atoms in total. The number of hydrogen-bond donors (Lipinski definition) is 2. The summed E-state index contributed by atoms with van der Waals surface area (Å²) < 4.78 is 7.58. The summed E-state index contributed by atoms with van der Waals surface area (Å²) in [5.41, 5.74) is 1.17. The molecule has 0 radical (unpaired) electrons. The Bertz CT molecular complexity index is 389. The van der Waals surface area contributed by atoms with Crippen molar-refractivity contribution < 1.29 is 9.84 Å². The Kier molecular flexibility index (Phi) is 3.63. The molecular formula is C13H21N3O2. The molecule has 2 unspecified atom stereocenters. The molecule has 2 atom stereocenters. The molecule has 18 heavy (non-hydrogen) atoms. The Morgan fingerprint density at radius 2 is 2.33 bits per heavy atom. The lowest BCUT2D eigenvalue weighted by Gasteiger charge is -2.18. The SMILES string of the molecule is OCCn1cc(CNC2CCOC2C2CC2)cn1. The fourth-order valence-corrected chi connectivity index (χ4v) is 2.69. The fraction of sp³-hybridized carbons (Fsp3) is 0.769. The maximum atomic E-state index is 8.84. The van der Waals surface area contributed by atoms with Crippen LogP contribution in [0.2, 0.25) is 0 Å². The van der Waals surface area contributed by atoms with Crippen molar-refractivity contribution in [2.45, 2.75) is 44.5 Å². The van der Waals surface area contributed by atoms with Crippen LogP contribution in [-0.2, 0) is 17.8 Å². The van der Waals surface area contributed by atoms with Gasteiger partial charge in [0.05, 0.1) is 25.5 Å². The van der Waals surface area contributed by atoms with E-state index in [-0.39, 0.29) is 6.61 Å². The number of aromatic nitrogens is 2. The molecule has 1 aliphatic heterocycles. The molecule has 2 N–H and O–H groups in total. The average molecular weight is 251 g/mol. The molecule has 100 valence electrons. The van der Waals surface area contributed by atoms with Gasteiger partial charge in [0.2, 0.25) is 0 Å². The van der Waals surface area contributed by atoms with E-state index in [1.165, 1.54) is 18.4 Å². The Balaban J connectivity index is 1.50. The first-order valence-corrected chi connectivity index (χ1v) is 6.84. The van der Waals surface area contributed by atoms with Gasteiger partial charge >= 0.3 is 0 Å². The molecule has 1 aromatic heterocycles. The first kappa shape index (κ1) is 12.1. The highest BCUT2D eigenvalue weighted by Gasteiger charge is 2.40. The quantitative estimate of drug-likeness (QED) is 0.774. The predicted molar refractivity (Wildman–Crippen MR) is 67.0 cm³/mol. The van der Waals surface area contributed by atoms with Crippen LogP contribution in [0.1, 0.15) is 24.8 Å².